The molecule has 0 radical (unpaired) electrons. The van der Waals surface area contributed by atoms with Gasteiger partial charge in [-0.05, 0) is 36.8 Å². The maximum atomic E-state index is 12.8. The summed E-state index contributed by atoms with van der Waals surface area (Å²) in [6, 6.07) is 12.8. The lowest BCUT2D eigenvalue weighted by Crippen LogP contribution is -2.48. The normalized spacial score (nSPS) is 16.5. The predicted octanol–water partition coefficient (Wildman–Crippen LogP) is 4.59. The molecule has 0 spiro atoms. The Labute approximate surface area is 179 Å². The maximum Gasteiger partial charge on any atom is 0.338 e. The molecule has 0 saturated heterocycles. The molecular weight excluding hydrogens is 415 g/mol. The highest BCUT2D eigenvalue weighted by Gasteiger charge is 2.37. The van der Waals surface area contributed by atoms with Gasteiger partial charge in [-0.15, -0.1) is 0 Å². The molecule has 0 saturated carbocycles. The van der Waals surface area contributed by atoms with E-state index < -0.39 is 12.0 Å². The SMILES string of the molecule is CCOC(=O)C1=C(COc2cccc(Cl)c2)N(C)C(=O)N[C@H]1c1ccccc1Cl. The summed E-state index contributed by atoms with van der Waals surface area (Å²) < 4.78 is 11.1. The maximum absolute atomic E-state index is 12.8. The number of hydrogen-bond acceptors (Lipinski definition) is 4. The van der Waals surface area contributed by atoms with Crippen LogP contribution in [0.15, 0.2) is 59.8 Å². The number of nitrogens with one attached hydrogen (secondary N) is 1. The third kappa shape index (κ3) is 4.66. The third-order valence-corrected chi connectivity index (χ3v) is 5.04. The van der Waals surface area contributed by atoms with Crippen LogP contribution in [0, 0.1) is 0 Å². The zero-order chi connectivity index (χ0) is 21.0. The lowest BCUT2D eigenvalue weighted by molar-refractivity contribution is -0.139. The first-order valence-electron chi connectivity index (χ1n) is 8.99. The molecule has 0 unspecified atom stereocenters. The van der Waals surface area contributed by atoms with Crippen molar-refractivity contribution in [3.05, 3.63) is 75.4 Å². The number of halogens is 2. The second kappa shape index (κ2) is 9.20. The Kier molecular flexibility index (Phi) is 6.67. The van der Waals surface area contributed by atoms with Crippen LogP contribution in [0.5, 0.6) is 5.75 Å². The number of benzene rings is 2. The van der Waals surface area contributed by atoms with Crippen LogP contribution in [0.25, 0.3) is 0 Å². The summed E-state index contributed by atoms with van der Waals surface area (Å²) in [5.41, 5.74) is 1.25. The molecule has 1 atom stereocenters. The van der Waals surface area contributed by atoms with Crippen molar-refractivity contribution < 1.29 is 19.1 Å². The summed E-state index contributed by atoms with van der Waals surface area (Å²) in [5, 5.41) is 3.77. The fourth-order valence-corrected chi connectivity index (χ4v) is 3.46. The second-order valence-corrected chi connectivity index (χ2v) is 7.13. The number of nitrogens with zero attached hydrogens (tertiary/aromatic N) is 1. The predicted molar refractivity (Wildman–Crippen MR) is 111 cm³/mol. The number of carbonyl (C=O) groups is 2. The van der Waals surface area contributed by atoms with Crippen LogP contribution in [0.4, 0.5) is 4.79 Å². The van der Waals surface area contributed by atoms with Gasteiger partial charge in [-0.25, -0.2) is 9.59 Å². The van der Waals surface area contributed by atoms with Crippen molar-refractivity contribution in [3.8, 4) is 5.75 Å². The molecule has 0 fully saturated rings. The standard InChI is InChI=1S/C21H20Cl2N2O4/c1-3-28-20(26)18-17(12-29-14-8-6-7-13(22)11-14)25(2)21(27)24-19(18)15-9-4-5-10-16(15)23/h4-11,19H,3,12H2,1-2H3,(H,24,27)/t19-/m0/s1. The van der Waals surface area contributed by atoms with E-state index in [9.17, 15) is 9.59 Å². The molecule has 2 amide bonds. The van der Waals surface area contributed by atoms with Gasteiger partial charge in [0, 0.05) is 17.1 Å². The number of esters is 1. The molecular formula is C21H20Cl2N2O4. The van der Waals surface area contributed by atoms with Crippen LogP contribution in [-0.4, -0.2) is 37.2 Å². The molecule has 3 rings (SSSR count). The number of amides is 2. The first-order valence-corrected chi connectivity index (χ1v) is 9.75. The quantitative estimate of drug-likeness (QED) is 0.675. The number of urea groups is 1. The Bertz CT molecular complexity index is 961. The highest BCUT2D eigenvalue weighted by atomic mass is 35.5. The highest BCUT2D eigenvalue weighted by molar-refractivity contribution is 6.31. The minimum Gasteiger partial charge on any atom is -0.487 e. The van der Waals surface area contributed by atoms with Gasteiger partial charge in [0.1, 0.15) is 12.4 Å². The molecule has 152 valence electrons. The number of likely N-dealkylation sites (N-methyl/N-ethyl adjacent to an activating group) is 1. The molecule has 0 aliphatic carbocycles. The summed E-state index contributed by atoms with van der Waals surface area (Å²) in [6.07, 6.45) is 0. The summed E-state index contributed by atoms with van der Waals surface area (Å²) in [6.45, 7) is 1.88. The molecule has 0 aromatic heterocycles. The zero-order valence-electron chi connectivity index (χ0n) is 15.9. The van der Waals surface area contributed by atoms with Crippen LogP contribution < -0.4 is 10.1 Å². The van der Waals surface area contributed by atoms with Crippen LogP contribution in [0.2, 0.25) is 10.0 Å². The molecule has 1 heterocycles. The molecule has 1 aliphatic rings. The fraction of sp³-hybridized carbons (Fsp3) is 0.238. The van der Waals surface area contributed by atoms with Gasteiger partial charge in [0.2, 0.25) is 0 Å². The second-order valence-electron chi connectivity index (χ2n) is 6.29. The van der Waals surface area contributed by atoms with Crippen LogP contribution in [0.3, 0.4) is 0 Å². The van der Waals surface area contributed by atoms with E-state index in [0.29, 0.717) is 27.1 Å². The topological polar surface area (TPSA) is 67.9 Å². The van der Waals surface area contributed by atoms with E-state index in [1.165, 1.54) is 4.90 Å². The van der Waals surface area contributed by atoms with E-state index in [1.54, 1.807) is 62.5 Å². The van der Waals surface area contributed by atoms with Crippen molar-refractivity contribution in [1.82, 2.24) is 10.2 Å². The average molecular weight is 435 g/mol. The molecule has 2 aromatic rings. The zero-order valence-corrected chi connectivity index (χ0v) is 17.5. The smallest absolute Gasteiger partial charge is 0.338 e. The Morgan fingerprint density at radius 2 is 1.93 bits per heavy atom. The van der Waals surface area contributed by atoms with Crippen molar-refractivity contribution in [2.24, 2.45) is 0 Å². The largest absolute Gasteiger partial charge is 0.487 e. The van der Waals surface area contributed by atoms with Gasteiger partial charge in [0.15, 0.2) is 0 Å². The molecule has 1 N–H and O–H groups in total. The lowest BCUT2D eigenvalue weighted by Gasteiger charge is -2.34. The first kappa shape index (κ1) is 21.0. The highest BCUT2D eigenvalue weighted by Crippen LogP contribution is 2.34. The minimum absolute atomic E-state index is 0.0284. The van der Waals surface area contributed by atoms with Crippen LogP contribution >= 0.6 is 23.2 Å². The Hall–Kier alpha value is -2.70. The van der Waals surface area contributed by atoms with Crippen molar-refractivity contribution in [1.29, 1.82) is 0 Å². The molecule has 6 nitrogen and oxygen atoms in total. The molecule has 2 aromatic carbocycles. The molecule has 0 bridgehead atoms. The lowest BCUT2D eigenvalue weighted by atomic mass is 9.94. The van der Waals surface area contributed by atoms with E-state index in [0.717, 1.165) is 0 Å². The van der Waals surface area contributed by atoms with Crippen molar-refractivity contribution >= 4 is 35.2 Å². The van der Waals surface area contributed by atoms with Crippen LogP contribution in [0.1, 0.15) is 18.5 Å². The van der Waals surface area contributed by atoms with Gasteiger partial charge < -0.3 is 14.8 Å². The Morgan fingerprint density at radius 3 is 2.62 bits per heavy atom. The van der Waals surface area contributed by atoms with Gasteiger partial charge >= 0.3 is 12.0 Å². The van der Waals surface area contributed by atoms with Crippen molar-refractivity contribution in [2.45, 2.75) is 13.0 Å². The number of carbonyl (C=O) groups excluding carboxylic acids is 2. The third-order valence-electron chi connectivity index (χ3n) is 4.46. The molecule has 29 heavy (non-hydrogen) atoms. The summed E-state index contributed by atoms with van der Waals surface area (Å²) in [5.74, 6) is -0.0316. The van der Waals surface area contributed by atoms with E-state index in [-0.39, 0.29) is 24.8 Å². The number of ether oxygens (including phenoxy) is 2. The van der Waals surface area contributed by atoms with Gasteiger partial charge in [-0.1, -0.05) is 47.5 Å². The number of rotatable bonds is 6. The average Bonchev–Trinajstić information content (AvgIpc) is 2.69. The Morgan fingerprint density at radius 1 is 1.17 bits per heavy atom. The van der Waals surface area contributed by atoms with Crippen LogP contribution in [-0.2, 0) is 9.53 Å². The summed E-state index contributed by atoms with van der Waals surface area (Å²) in [4.78, 5) is 26.8. The van der Waals surface area contributed by atoms with Gasteiger partial charge in [-0.2, -0.15) is 0 Å². The molecule has 1 aliphatic heterocycles. The first-order chi connectivity index (χ1) is 13.9. The summed E-state index contributed by atoms with van der Waals surface area (Å²) >= 11 is 12.3. The van der Waals surface area contributed by atoms with Gasteiger partial charge in [0.05, 0.1) is 23.9 Å². The fourth-order valence-electron chi connectivity index (χ4n) is 3.03. The van der Waals surface area contributed by atoms with E-state index in [2.05, 4.69) is 5.32 Å². The Balaban J connectivity index is 2.05. The van der Waals surface area contributed by atoms with Gasteiger partial charge in [-0.3, -0.25) is 4.90 Å². The van der Waals surface area contributed by atoms with Gasteiger partial charge in [0.25, 0.3) is 0 Å². The molecule has 8 heteroatoms. The van der Waals surface area contributed by atoms with Crippen molar-refractivity contribution in [3.63, 3.8) is 0 Å². The summed E-state index contributed by atoms with van der Waals surface area (Å²) in [7, 11) is 1.56. The van der Waals surface area contributed by atoms with E-state index in [1.807, 2.05) is 0 Å². The minimum atomic E-state index is -0.760. The monoisotopic (exact) mass is 434 g/mol. The van der Waals surface area contributed by atoms with E-state index >= 15 is 0 Å². The van der Waals surface area contributed by atoms with E-state index in [4.69, 9.17) is 32.7 Å². The number of hydrogen-bond donors (Lipinski definition) is 1. The van der Waals surface area contributed by atoms with Crippen molar-refractivity contribution in [2.75, 3.05) is 20.3 Å².